The van der Waals surface area contributed by atoms with Crippen LogP contribution in [-0.4, -0.2) is 17.6 Å². The lowest BCUT2D eigenvalue weighted by molar-refractivity contribution is -0.143. The Morgan fingerprint density at radius 1 is 1.57 bits per heavy atom. The number of carboxylic acids is 1. The van der Waals surface area contributed by atoms with Crippen LogP contribution in [0.2, 0.25) is 0 Å². The number of carboxylic acid groups (broad SMARTS) is 1. The van der Waals surface area contributed by atoms with Crippen molar-refractivity contribution in [3.05, 3.63) is 35.4 Å². The molecule has 1 aromatic carbocycles. The zero-order chi connectivity index (χ0) is 10.8. The van der Waals surface area contributed by atoms with Crippen LogP contribution in [0.4, 0.5) is 0 Å². The molecule has 1 atom stereocenters. The molecule has 0 saturated carbocycles. The lowest BCUT2D eigenvalue weighted by Crippen LogP contribution is -2.50. The van der Waals surface area contributed by atoms with E-state index in [9.17, 15) is 4.79 Å². The topological polar surface area (TPSA) is 89.3 Å². The maximum Gasteiger partial charge on any atom is 0.329 e. The molecule has 1 aromatic rings. The number of nitrogens with two attached hydrogens (primary N) is 2. The molecule has 0 fully saturated rings. The quantitative estimate of drug-likeness (QED) is 0.641. The van der Waals surface area contributed by atoms with Crippen molar-refractivity contribution in [1.82, 2.24) is 0 Å². The van der Waals surface area contributed by atoms with Crippen LogP contribution >= 0.6 is 0 Å². The third-order valence-electron chi connectivity index (χ3n) is 2.24. The van der Waals surface area contributed by atoms with Gasteiger partial charge in [0.2, 0.25) is 0 Å². The van der Waals surface area contributed by atoms with Crippen LogP contribution in [0, 0.1) is 6.92 Å². The van der Waals surface area contributed by atoms with Gasteiger partial charge in [0.05, 0.1) is 0 Å². The van der Waals surface area contributed by atoms with E-state index in [1.54, 1.807) is 18.2 Å². The van der Waals surface area contributed by atoms with Gasteiger partial charge < -0.3 is 16.6 Å². The Bertz CT molecular complexity index is 352. The average molecular weight is 194 g/mol. The Balaban J connectivity index is 3.19. The highest BCUT2D eigenvalue weighted by atomic mass is 16.4. The van der Waals surface area contributed by atoms with Crippen molar-refractivity contribution >= 4 is 5.97 Å². The minimum Gasteiger partial charge on any atom is -0.480 e. The van der Waals surface area contributed by atoms with Crippen molar-refractivity contribution in [3.63, 3.8) is 0 Å². The molecule has 0 unspecified atom stereocenters. The van der Waals surface area contributed by atoms with Gasteiger partial charge in [-0.3, -0.25) is 0 Å². The molecule has 0 spiro atoms. The largest absolute Gasteiger partial charge is 0.480 e. The highest BCUT2D eigenvalue weighted by molar-refractivity contribution is 5.80. The number of carbonyl (C=O) groups is 1. The fourth-order valence-electron chi connectivity index (χ4n) is 1.25. The molecule has 14 heavy (non-hydrogen) atoms. The second-order valence-electron chi connectivity index (χ2n) is 3.35. The van der Waals surface area contributed by atoms with Crippen molar-refractivity contribution in [2.24, 2.45) is 11.5 Å². The van der Waals surface area contributed by atoms with Crippen LogP contribution in [0.5, 0.6) is 0 Å². The Hall–Kier alpha value is -1.39. The molecule has 0 aromatic heterocycles. The van der Waals surface area contributed by atoms with E-state index >= 15 is 0 Å². The summed E-state index contributed by atoms with van der Waals surface area (Å²) in [6, 6.07) is 7.06. The molecule has 0 aliphatic rings. The molecule has 0 bridgehead atoms. The van der Waals surface area contributed by atoms with E-state index in [0.717, 1.165) is 5.56 Å². The molecule has 1 rings (SSSR count). The fourth-order valence-corrected chi connectivity index (χ4v) is 1.25. The van der Waals surface area contributed by atoms with E-state index in [1.165, 1.54) is 0 Å². The van der Waals surface area contributed by atoms with Crippen LogP contribution in [0.1, 0.15) is 11.1 Å². The average Bonchev–Trinajstić information content (AvgIpc) is 2.16. The molecule has 0 aliphatic carbocycles. The van der Waals surface area contributed by atoms with E-state index in [4.69, 9.17) is 16.6 Å². The number of aliphatic carboxylic acids is 1. The van der Waals surface area contributed by atoms with Crippen molar-refractivity contribution in [2.45, 2.75) is 12.5 Å². The lowest BCUT2D eigenvalue weighted by atomic mass is 9.90. The van der Waals surface area contributed by atoms with Crippen LogP contribution in [0.3, 0.4) is 0 Å². The summed E-state index contributed by atoms with van der Waals surface area (Å²) in [5.41, 5.74) is 11.1. The van der Waals surface area contributed by atoms with Crippen molar-refractivity contribution in [2.75, 3.05) is 6.54 Å². The predicted molar refractivity (Wildman–Crippen MR) is 53.7 cm³/mol. The summed E-state index contributed by atoms with van der Waals surface area (Å²) in [5, 5.41) is 8.97. The highest BCUT2D eigenvalue weighted by Gasteiger charge is 2.34. The number of hydrogen-bond acceptors (Lipinski definition) is 3. The molecule has 0 amide bonds. The molecule has 4 nitrogen and oxygen atoms in total. The van der Waals surface area contributed by atoms with Crippen LogP contribution in [0.15, 0.2) is 24.3 Å². The molecule has 0 aliphatic heterocycles. The van der Waals surface area contributed by atoms with Crippen molar-refractivity contribution in [1.29, 1.82) is 0 Å². The fraction of sp³-hybridized carbons (Fsp3) is 0.300. The number of aryl methyl sites for hydroxylation is 1. The first kappa shape index (κ1) is 10.7. The van der Waals surface area contributed by atoms with Crippen molar-refractivity contribution < 1.29 is 9.90 Å². The zero-order valence-corrected chi connectivity index (χ0v) is 8.03. The maximum atomic E-state index is 11.0. The summed E-state index contributed by atoms with van der Waals surface area (Å²) in [7, 11) is 0. The van der Waals surface area contributed by atoms with Crippen molar-refractivity contribution in [3.8, 4) is 0 Å². The van der Waals surface area contributed by atoms with Gasteiger partial charge >= 0.3 is 5.97 Å². The third-order valence-corrected chi connectivity index (χ3v) is 2.24. The molecule has 0 saturated heterocycles. The van der Waals surface area contributed by atoms with E-state index in [1.807, 2.05) is 13.0 Å². The highest BCUT2D eigenvalue weighted by Crippen LogP contribution is 2.18. The SMILES string of the molecule is Cc1cccc([C@](N)(CN)C(=O)O)c1. The summed E-state index contributed by atoms with van der Waals surface area (Å²) < 4.78 is 0. The summed E-state index contributed by atoms with van der Waals surface area (Å²) in [4.78, 5) is 11.0. The molecular weight excluding hydrogens is 180 g/mol. The summed E-state index contributed by atoms with van der Waals surface area (Å²) >= 11 is 0. The zero-order valence-electron chi connectivity index (χ0n) is 8.03. The van der Waals surface area contributed by atoms with Gasteiger partial charge in [-0.25, -0.2) is 4.79 Å². The predicted octanol–water partition coefficient (Wildman–Crippen LogP) is 0.192. The first-order chi connectivity index (χ1) is 6.50. The Morgan fingerprint density at radius 3 is 2.64 bits per heavy atom. The van der Waals surface area contributed by atoms with Gasteiger partial charge in [-0.2, -0.15) is 0 Å². The summed E-state index contributed by atoms with van der Waals surface area (Å²) in [6.07, 6.45) is 0. The van der Waals surface area contributed by atoms with Crippen LogP contribution < -0.4 is 11.5 Å². The second-order valence-corrected chi connectivity index (χ2v) is 3.35. The molecule has 4 heteroatoms. The number of rotatable bonds is 3. The number of benzene rings is 1. The molecular formula is C10H14N2O2. The van der Waals surface area contributed by atoms with Gasteiger partial charge in [0.1, 0.15) is 0 Å². The number of hydrogen-bond donors (Lipinski definition) is 3. The van der Waals surface area contributed by atoms with Gasteiger partial charge in [-0.05, 0) is 12.5 Å². The monoisotopic (exact) mass is 194 g/mol. The van der Waals surface area contributed by atoms with Gasteiger partial charge in [-0.15, -0.1) is 0 Å². The Morgan fingerprint density at radius 2 is 2.21 bits per heavy atom. The van der Waals surface area contributed by atoms with E-state index in [2.05, 4.69) is 0 Å². The van der Waals surface area contributed by atoms with Gasteiger partial charge in [-0.1, -0.05) is 29.8 Å². The molecule has 76 valence electrons. The van der Waals surface area contributed by atoms with Crippen LogP contribution in [0.25, 0.3) is 0 Å². The van der Waals surface area contributed by atoms with Gasteiger partial charge in [0.15, 0.2) is 5.54 Å². The second kappa shape index (κ2) is 3.77. The lowest BCUT2D eigenvalue weighted by Gasteiger charge is -2.23. The Kier molecular flexibility index (Phi) is 2.88. The van der Waals surface area contributed by atoms with Gasteiger partial charge in [0, 0.05) is 6.54 Å². The van der Waals surface area contributed by atoms with E-state index in [0.29, 0.717) is 5.56 Å². The molecule has 5 N–H and O–H groups in total. The van der Waals surface area contributed by atoms with E-state index < -0.39 is 11.5 Å². The molecule has 0 radical (unpaired) electrons. The third kappa shape index (κ3) is 1.76. The smallest absolute Gasteiger partial charge is 0.329 e. The standard InChI is InChI=1S/C10H14N2O2/c1-7-3-2-4-8(5-7)10(12,6-11)9(13)14/h2-5H,6,11-12H2,1H3,(H,13,14)/t10-/m1/s1. The maximum absolute atomic E-state index is 11.0. The first-order valence-corrected chi connectivity index (χ1v) is 4.30. The minimum atomic E-state index is -1.48. The normalized spacial score (nSPS) is 14.8. The first-order valence-electron chi connectivity index (χ1n) is 4.30. The molecule has 0 heterocycles. The van der Waals surface area contributed by atoms with E-state index in [-0.39, 0.29) is 6.54 Å². The van der Waals surface area contributed by atoms with Gasteiger partial charge in [0.25, 0.3) is 0 Å². The summed E-state index contributed by atoms with van der Waals surface area (Å²) in [6.45, 7) is 1.76. The Labute approximate surface area is 82.5 Å². The minimum absolute atomic E-state index is 0.119. The summed E-state index contributed by atoms with van der Waals surface area (Å²) in [5.74, 6) is -1.11. The van der Waals surface area contributed by atoms with Crippen LogP contribution in [-0.2, 0) is 10.3 Å².